The number of aromatic nitrogens is 3. The number of hydrogen-bond acceptors (Lipinski definition) is 4. The lowest BCUT2D eigenvalue weighted by atomic mass is 9.99. The summed E-state index contributed by atoms with van der Waals surface area (Å²) >= 11 is 0. The smallest absolute Gasteiger partial charge is 0.137 e. The van der Waals surface area contributed by atoms with Crippen molar-refractivity contribution in [2.24, 2.45) is 5.73 Å². The number of nitrogens with zero attached hydrogens (tertiary/aromatic N) is 4. The van der Waals surface area contributed by atoms with Crippen molar-refractivity contribution in [2.75, 3.05) is 0 Å². The van der Waals surface area contributed by atoms with E-state index in [1.54, 1.807) is 17.9 Å². The molecule has 13 heavy (non-hydrogen) atoms. The summed E-state index contributed by atoms with van der Waals surface area (Å²) in [5.41, 5.74) is 4.93. The molecule has 0 saturated heterocycles. The van der Waals surface area contributed by atoms with Gasteiger partial charge in [-0.05, 0) is 19.8 Å². The average Bonchev–Trinajstić information content (AvgIpc) is 2.57. The Morgan fingerprint density at radius 2 is 2.46 bits per heavy atom. The Labute approximate surface area is 77.2 Å². The van der Waals surface area contributed by atoms with Gasteiger partial charge in [-0.2, -0.15) is 10.4 Å². The molecule has 1 unspecified atom stereocenters. The second kappa shape index (κ2) is 4.01. The quantitative estimate of drug-likeness (QED) is 0.720. The van der Waals surface area contributed by atoms with Crippen LogP contribution in [-0.4, -0.2) is 20.3 Å². The van der Waals surface area contributed by atoms with Crippen molar-refractivity contribution < 1.29 is 0 Å². The maximum absolute atomic E-state index is 8.64. The molecule has 0 aliphatic carbocycles. The van der Waals surface area contributed by atoms with Gasteiger partial charge in [-0.25, -0.2) is 4.98 Å². The summed E-state index contributed by atoms with van der Waals surface area (Å²) in [5, 5.41) is 12.6. The second-order valence-electron chi connectivity index (χ2n) is 3.29. The standard InChI is InChI=1S/C8H13N5/c1-8(10,5-9)3-2-4-13-7-11-6-12-13/h6-7H,2-4,10H2,1H3. The molecule has 0 spiro atoms. The third-order valence-electron chi connectivity index (χ3n) is 1.81. The zero-order valence-electron chi connectivity index (χ0n) is 7.64. The van der Waals surface area contributed by atoms with Gasteiger partial charge in [0.25, 0.3) is 0 Å². The Morgan fingerprint density at radius 1 is 1.69 bits per heavy atom. The molecule has 0 aromatic carbocycles. The highest BCUT2D eigenvalue weighted by molar-refractivity contribution is 5.00. The average molecular weight is 179 g/mol. The van der Waals surface area contributed by atoms with Crippen LogP contribution in [0.4, 0.5) is 0 Å². The van der Waals surface area contributed by atoms with Crippen molar-refractivity contribution in [3.63, 3.8) is 0 Å². The van der Waals surface area contributed by atoms with Crippen LogP contribution < -0.4 is 5.73 Å². The first kappa shape index (κ1) is 9.68. The van der Waals surface area contributed by atoms with Crippen LogP contribution in [-0.2, 0) is 6.54 Å². The maximum atomic E-state index is 8.64. The largest absolute Gasteiger partial charge is 0.314 e. The minimum absolute atomic E-state index is 0.670. The summed E-state index contributed by atoms with van der Waals surface area (Å²) in [6.07, 6.45) is 4.65. The topological polar surface area (TPSA) is 80.5 Å². The Kier molecular flexibility index (Phi) is 2.98. The third kappa shape index (κ3) is 3.22. The van der Waals surface area contributed by atoms with Crippen LogP contribution in [0.2, 0.25) is 0 Å². The number of rotatable bonds is 4. The predicted octanol–water partition coefficient (Wildman–Crippen LogP) is 0.299. The Morgan fingerprint density at radius 3 is 3.00 bits per heavy atom. The Hall–Kier alpha value is -1.41. The molecule has 70 valence electrons. The molecule has 5 heteroatoms. The highest BCUT2D eigenvalue weighted by Crippen LogP contribution is 2.07. The van der Waals surface area contributed by atoms with Gasteiger partial charge >= 0.3 is 0 Å². The van der Waals surface area contributed by atoms with E-state index in [1.807, 2.05) is 0 Å². The first-order valence-electron chi connectivity index (χ1n) is 4.16. The molecule has 1 heterocycles. The van der Waals surface area contributed by atoms with E-state index >= 15 is 0 Å². The molecule has 5 nitrogen and oxygen atoms in total. The Bertz CT molecular complexity index is 282. The first-order valence-corrected chi connectivity index (χ1v) is 4.16. The summed E-state index contributed by atoms with van der Waals surface area (Å²) in [5.74, 6) is 0. The van der Waals surface area contributed by atoms with Crippen molar-refractivity contribution in [1.29, 1.82) is 5.26 Å². The molecule has 0 aliphatic heterocycles. The van der Waals surface area contributed by atoms with E-state index in [-0.39, 0.29) is 0 Å². The van der Waals surface area contributed by atoms with E-state index in [4.69, 9.17) is 11.0 Å². The van der Waals surface area contributed by atoms with Crippen molar-refractivity contribution in [3.8, 4) is 6.07 Å². The number of nitrogens with two attached hydrogens (primary N) is 1. The summed E-state index contributed by atoms with van der Waals surface area (Å²) in [6, 6.07) is 2.05. The van der Waals surface area contributed by atoms with E-state index in [0.29, 0.717) is 6.42 Å². The fourth-order valence-electron chi connectivity index (χ4n) is 1.01. The lowest BCUT2D eigenvalue weighted by Crippen LogP contribution is -2.34. The van der Waals surface area contributed by atoms with Crippen LogP contribution in [0.3, 0.4) is 0 Å². The third-order valence-corrected chi connectivity index (χ3v) is 1.81. The molecule has 0 bridgehead atoms. The Balaban J connectivity index is 2.26. The number of nitriles is 1. The first-order chi connectivity index (χ1) is 6.14. The van der Waals surface area contributed by atoms with Gasteiger partial charge in [-0.15, -0.1) is 0 Å². The molecule has 0 saturated carbocycles. The normalized spacial score (nSPS) is 14.8. The van der Waals surface area contributed by atoms with Gasteiger partial charge in [0.05, 0.1) is 6.07 Å². The van der Waals surface area contributed by atoms with Gasteiger partial charge in [0.15, 0.2) is 0 Å². The number of aryl methyl sites for hydroxylation is 1. The van der Waals surface area contributed by atoms with Crippen LogP contribution in [0.1, 0.15) is 19.8 Å². The van der Waals surface area contributed by atoms with Gasteiger partial charge in [0, 0.05) is 6.54 Å². The van der Waals surface area contributed by atoms with Crippen molar-refractivity contribution in [2.45, 2.75) is 31.8 Å². The summed E-state index contributed by atoms with van der Waals surface area (Å²) in [7, 11) is 0. The fraction of sp³-hybridized carbons (Fsp3) is 0.625. The van der Waals surface area contributed by atoms with Crippen LogP contribution >= 0.6 is 0 Å². The van der Waals surface area contributed by atoms with E-state index < -0.39 is 5.54 Å². The van der Waals surface area contributed by atoms with E-state index in [2.05, 4.69) is 16.2 Å². The minimum Gasteiger partial charge on any atom is -0.314 e. The molecule has 1 rings (SSSR count). The van der Waals surface area contributed by atoms with Gasteiger partial charge in [0.2, 0.25) is 0 Å². The molecule has 0 radical (unpaired) electrons. The van der Waals surface area contributed by atoms with E-state index in [9.17, 15) is 0 Å². The molecule has 2 N–H and O–H groups in total. The van der Waals surface area contributed by atoms with Gasteiger partial charge in [-0.1, -0.05) is 0 Å². The minimum atomic E-state index is -0.722. The number of hydrogen-bond donors (Lipinski definition) is 1. The fourth-order valence-corrected chi connectivity index (χ4v) is 1.01. The van der Waals surface area contributed by atoms with Gasteiger partial charge in [0.1, 0.15) is 18.2 Å². The zero-order chi connectivity index (χ0) is 9.73. The summed E-state index contributed by atoms with van der Waals surface area (Å²) < 4.78 is 1.73. The second-order valence-corrected chi connectivity index (χ2v) is 3.29. The molecule has 1 atom stereocenters. The molecular formula is C8H13N5. The maximum Gasteiger partial charge on any atom is 0.137 e. The molecule has 0 fully saturated rings. The van der Waals surface area contributed by atoms with Crippen molar-refractivity contribution in [3.05, 3.63) is 12.7 Å². The molecule has 1 aromatic heterocycles. The van der Waals surface area contributed by atoms with Crippen LogP contribution in [0.5, 0.6) is 0 Å². The van der Waals surface area contributed by atoms with Crippen LogP contribution in [0.25, 0.3) is 0 Å². The lowest BCUT2D eigenvalue weighted by Gasteiger charge is -2.14. The van der Waals surface area contributed by atoms with Crippen LogP contribution in [0.15, 0.2) is 12.7 Å². The van der Waals surface area contributed by atoms with Gasteiger partial charge < -0.3 is 5.73 Å². The monoisotopic (exact) mass is 179 g/mol. The SMILES string of the molecule is CC(N)(C#N)CCCn1cncn1. The molecule has 0 amide bonds. The molecule has 0 aliphatic rings. The molecule has 1 aromatic rings. The van der Waals surface area contributed by atoms with E-state index in [1.165, 1.54) is 6.33 Å². The lowest BCUT2D eigenvalue weighted by molar-refractivity contribution is 0.471. The highest BCUT2D eigenvalue weighted by atomic mass is 15.3. The highest BCUT2D eigenvalue weighted by Gasteiger charge is 2.15. The molecular weight excluding hydrogens is 166 g/mol. The van der Waals surface area contributed by atoms with Gasteiger partial charge in [-0.3, -0.25) is 4.68 Å². The summed E-state index contributed by atoms with van der Waals surface area (Å²) in [6.45, 7) is 2.49. The van der Waals surface area contributed by atoms with E-state index in [0.717, 1.165) is 13.0 Å². The zero-order valence-corrected chi connectivity index (χ0v) is 7.64. The predicted molar refractivity (Wildman–Crippen MR) is 47.5 cm³/mol. The summed E-state index contributed by atoms with van der Waals surface area (Å²) in [4.78, 5) is 3.81. The van der Waals surface area contributed by atoms with Crippen LogP contribution in [0, 0.1) is 11.3 Å². The van der Waals surface area contributed by atoms with Crippen molar-refractivity contribution >= 4 is 0 Å². The van der Waals surface area contributed by atoms with Crippen molar-refractivity contribution in [1.82, 2.24) is 14.8 Å².